The Morgan fingerprint density at radius 3 is 2.27 bits per heavy atom. The number of carbonyl (C=O) groups excluding carboxylic acids is 1. The number of rotatable bonds is 10. The van der Waals surface area contributed by atoms with Gasteiger partial charge in [0, 0.05) is 26.1 Å². The normalized spacial score (nSPS) is 11.5. The van der Waals surface area contributed by atoms with E-state index in [0.29, 0.717) is 46.1 Å². The van der Waals surface area contributed by atoms with Crippen molar-refractivity contribution in [2.24, 2.45) is 5.92 Å². The van der Waals surface area contributed by atoms with Gasteiger partial charge in [-0.15, -0.1) is 11.8 Å². The third-order valence-corrected chi connectivity index (χ3v) is 10.0. The molecule has 4 N–H and O–H groups in total. The van der Waals surface area contributed by atoms with Crippen molar-refractivity contribution in [2.75, 3.05) is 23.8 Å². The summed E-state index contributed by atoms with van der Waals surface area (Å²) in [6.45, 7) is 4.84. The van der Waals surface area contributed by atoms with Crippen LogP contribution in [0.15, 0.2) is 38.1 Å². The van der Waals surface area contributed by atoms with Gasteiger partial charge in [-0.3, -0.25) is 4.79 Å². The van der Waals surface area contributed by atoms with Gasteiger partial charge in [-0.05, 0) is 91.1 Å². The minimum atomic E-state index is -0.155. The summed E-state index contributed by atoms with van der Waals surface area (Å²) in [5.41, 5.74) is 12.8. The summed E-state index contributed by atoms with van der Waals surface area (Å²) in [6, 6.07) is 7.27. The molecule has 0 aliphatic heterocycles. The number of thioether (sulfide) groups is 1. The van der Waals surface area contributed by atoms with Crippen LogP contribution >= 0.6 is 89.4 Å². The molecule has 184 valence electrons. The van der Waals surface area contributed by atoms with Gasteiger partial charge in [-0.1, -0.05) is 56.3 Å². The van der Waals surface area contributed by atoms with E-state index >= 15 is 0 Å². The maximum atomic E-state index is 11.9. The summed E-state index contributed by atoms with van der Waals surface area (Å²) in [6.07, 6.45) is 4.89. The Morgan fingerprint density at radius 2 is 1.70 bits per heavy atom. The predicted molar refractivity (Wildman–Crippen MR) is 159 cm³/mol. The average Bonchev–Trinajstić information content (AvgIpc) is 2.80. The standard InChI is InChI=1S/C17H25BrClNO2S.C6H4BrClIN/c1-3-5-6-12(4-2)11-22-15(21)9-10-23-17-14(20)8-7-13(18)16(17)19;7-3-1-2-4(10)6(9)5(3)8/h7-8,12H,3-6,9-11,20H2,1-2H3;1-2H,10H2. The second-order valence-corrected chi connectivity index (χ2v) is 11.9. The van der Waals surface area contributed by atoms with Crippen molar-refractivity contribution in [1.82, 2.24) is 0 Å². The maximum absolute atomic E-state index is 11.9. The van der Waals surface area contributed by atoms with E-state index in [0.717, 1.165) is 30.3 Å². The van der Waals surface area contributed by atoms with Gasteiger partial charge in [-0.25, -0.2) is 0 Å². The zero-order chi connectivity index (χ0) is 25.0. The SMILES string of the molecule is CCCCC(CC)COC(=O)CCSc1c(N)ccc(Br)c1Cl.Nc1ccc(Br)c(Cl)c1I. The zero-order valence-corrected chi connectivity index (χ0v) is 26.3. The molecule has 2 rings (SSSR count). The van der Waals surface area contributed by atoms with Crippen molar-refractivity contribution in [3.63, 3.8) is 0 Å². The van der Waals surface area contributed by atoms with Crippen LogP contribution in [-0.2, 0) is 9.53 Å². The lowest BCUT2D eigenvalue weighted by Crippen LogP contribution is -2.14. The Labute approximate surface area is 241 Å². The molecule has 2 aromatic carbocycles. The van der Waals surface area contributed by atoms with Crippen molar-refractivity contribution in [2.45, 2.75) is 50.8 Å². The molecule has 0 aromatic heterocycles. The van der Waals surface area contributed by atoms with Crippen molar-refractivity contribution < 1.29 is 9.53 Å². The summed E-state index contributed by atoms with van der Waals surface area (Å²) in [5.74, 6) is 0.921. The summed E-state index contributed by atoms with van der Waals surface area (Å²) in [5, 5.41) is 1.27. The average molecular weight is 755 g/mol. The van der Waals surface area contributed by atoms with E-state index < -0.39 is 0 Å². The lowest BCUT2D eigenvalue weighted by molar-refractivity contribution is -0.144. The highest BCUT2D eigenvalue weighted by Crippen LogP contribution is 2.38. The topological polar surface area (TPSA) is 78.3 Å². The molecule has 0 heterocycles. The molecule has 0 aliphatic carbocycles. The second kappa shape index (κ2) is 16.7. The van der Waals surface area contributed by atoms with Crippen molar-refractivity contribution in [3.8, 4) is 0 Å². The Kier molecular flexibility index (Phi) is 15.8. The molecule has 4 nitrogen and oxygen atoms in total. The number of esters is 1. The number of nitrogens with two attached hydrogens (primary N) is 2. The zero-order valence-electron chi connectivity index (χ0n) is 18.6. The van der Waals surface area contributed by atoms with Crippen LogP contribution in [0.25, 0.3) is 0 Å². The van der Waals surface area contributed by atoms with Gasteiger partial charge >= 0.3 is 5.97 Å². The van der Waals surface area contributed by atoms with E-state index in [2.05, 4.69) is 68.3 Å². The van der Waals surface area contributed by atoms with Gasteiger partial charge in [-0.2, -0.15) is 0 Å². The van der Waals surface area contributed by atoms with Gasteiger partial charge < -0.3 is 16.2 Å². The van der Waals surface area contributed by atoms with Crippen LogP contribution in [0, 0.1) is 9.49 Å². The van der Waals surface area contributed by atoms with Crippen LogP contribution in [-0.4, -0.2) is 18.3 Å². The number of benzene rings is 2. The molecule has 33 heavy (non-hydrogen) atoms. The number of halogens is 5. The molecular formula is C23H29Br2Cl2IN2O2S. The highest BCUT2D eigenvalue weighted by Gasteiger charge is 2.13. The quantitative estimate of drug-likeness (QED) is 0.0832. The minimum Gasteiger partial charge on any atom is -0.465 e. The first kappa shape index (κ1) is 31.2. The van der Waals surface area contributed by atoms with Crippen LogP contribution in [0.2, 0.25) is 10.0 Å². The fourth-order valence-corrected chi connectivity index (χ4v) is 5.74. The smallest absolute Gasteiger partial charge is 0.306 e. The fraction of sp³-hybridized carbons (Fsp3) is 0.435. The highest BCUT2D eigenvalue weighted by atomic mass is 127. The Morgan fingerprint density at radius 1 is 1.09 bits per heavy atom. The molecule has 0 saturated heterocycles. The number of hydrogen-bond acceptors (Lipinski definition) is 5. The molecule has 2 aromatic rings. The van der Waals surface area contributed by atoms with Crippen LogP contribution in [0.3, 0.4) is 0 Å². The van der Waals surface area contributed by atoms with Crippen LogP contribution in [0.1, 0.15) is 46.0 Å². The first-order valence-electron chi connectivity index (χ1n) is 10.5. The summed E-state index contributed by atoms with van der Waals surface area (Å²) < 4.78 is 7.97. The summed E-state index contributed by atoms with van der Waals surface area (Å²) >= 11 is 22.3. The van der Waals surface area contributed by atoms with Crippen LogP contribution in [0.5, 0.6) is 0 Å². The second-order valence-electron chi connectivity index (χ2n) is 7.24. The molecule has 10 heteroatoms. The monoisotopic (exact) mass is 752 g/mol. The molecule has 0 amide bonds. The molecule has 1 atom stereocenters. The molecule has 0 bridgehead atoms. The van der Waals surface area contributed by atoms with Crippen molar-refractivity contribution in [3.05, 3.63) is 46.8 Å². The Balaban J connectivity index is 0.000000451. The lowest BCUT2D eigenvalue weighted by atomic mass is 10.0. The van der Waals surface area contributed by atoms with E-state index in [1.165, 1.54) is 24.6 Å². The van der Waals surface area contributed by atoms with E-state index in [1.54, 1.807) is 6.07 Å². The van der Waals surface area contributed by atoms with Gasteiger partial charge in [0.2, 0.25) is 0 Å². The highest BCUT2D eigenvalue weighted by molar-refractivity contribution is 14.1. The number of hydrogen-bond donors (Lipinski definition) is 2. The molecular weight excluding hydrogens is 726 g/mol. The van der Waals surface area contributed by atoms with Gasteiger partial charge in [0.1, 0.15) is 0 Å². The molecule has 0 fully saturated rings. The number of anilines is 2. The van der Waals surface area contributed by atoms with E-state index in [-0.39, 0.29) is 5.97 Å². The van der Waals surface area contributed by atoms with Gasteiger partial charge in [0.15, 0.2) is 0 Å². The predicted octanol–water partition coefficient (Wildman–Crippen LogP) is 9.22. The third kappa shape index (κ3) is 11.2. The van der Waals surface area contributed by atoms with Crippen LogP contribution in [0.4, 0.5) is 11.4 Å². The van der Waals surface area contributed by atoms with E-state index in [9.17, 15) is 4.79 Å². The minimum absolute atomic E-state index is 0.155. The van der Waals surface area contributed by atoms with Gasteiger partial charge in [0.25, 0.3) is 0 Å². The number of ether oxygens (including phenoxy) is 1. The first-order valence-corrected chi connectivity index (χ1v) is 14.9. The number of nitrogen functional groups attached to an aromatic ring is 2. The molecule has 0 aliphatic rings. The van der Waals surface area contributed by atoms with Crippen molar-refractivity contribution >= 4 is 107 Å². The fourth-order valence-electron chi connectivity index (χ4n) is 2.65. The van der Waals surface area contributed by atoms with Crippen molar-refractivity contribution in [1.29, 1.82) is 0 Å². The molecule has 0 spiro atoms. The Hall–Kier alpha value is 0.130. The van der Waals surface area contributed by atoms with Crippen LogP contribution < -0.4 is 11.5 Å². The summed E-state index contributed by atoms with van der Waals surface area (Å²) in [4.78, 5) is 12.7. The van der Waals surface area contributed by atoms with E-state index in [4.69, 9.17) is 39.4 Å². The van der Waals surface area contributed by atoms with Gasteiger partial charge in [0.05, 0.1) is 31.5 Å². The molecule has 0 radical (unpaired) electrons. The van der Waals surface area contributed by atoms with E-state index in [1.807, 2.05) is 18.2 Å². The maximum Gasteiger partial charge on any atom is 0.306 e. The Bertz CT molecular complexity index is 896. The molecule has 0 saturated carbocycles. The molecule has 1 unspecified atom stereocenters. The lowest BCUT2D eigenvalue weighted by Gasteiger charge is -2.14. The number of unbranched alkanes of at least 4 members (excludes halogenated alkanes) is 1. The first-order chi connectivity index (χ1) is 15.6. The largest absolute Gasteiger partial charge is 0.465 e. The third-order valence-electron chi connectivity index (χ3n) is 4.72. The summed E-state index contributed by atoms with van der Waals surface area (Å²) in [7, 11) is 0. The number of carbonyl (C=O) groups is 1.